The Morgan fingerprint density at radius 2 is 2.11 bits per heavy atom. The van der Waals surface area contributed by atoms with E-state index < -0.39 is 11.6 Å². The normalized spacial score (nSPS) is 9.89. The molecule has 1 amide bonds. The highest BCUT2D eigenvalue weighted by molar-refractivity contribution is 7.80. The molecular weight excluding hydrogens is 262 g/mol. The number of rotatable bonds is 6. The molecule has 0 bridgehead atoms. The number of ether oxygens (including phenoxy) is 1. The van der Waals surface area contributed by atoms with Crippen molar-refractivity contribution in [1.82, 2.24) is 5.32 Å². The van der Waals surface area contributed by atoms with E-state index >= 15 is 0 Å². The summed E-state index contributed by atoms with van der Waals surface area (Å²) >= 11 is 4.58. The molecule has 0 saturated heterocycles. The van der Waals surface area contributed by atoms with Crippen molar-refractivity contribution in [3.05, 3.63) is 29.8 Å². The van der Waals surface area contributed by atoms with Crippen LogP contribution >= 0.6 is 12.2 Å². The van der Waals surface area contributed by atoms with Crippen LogP contribution in [0.15, 0.2) is 18.2 Å². The number of halogens is 2. The van der Waals surface area contributed by atoms with Gasteiger partial charge in [0.05, 0.1) is 24.6 Å². The van der Waals surface area contributed by atoms with Crippen LogP contribution in [0.2, 0.25) is 0 Å². The van der Waals surface area contributed by atoms with Gasteiger partial charge in [-0.25, -0.2) is 8.78 Å². The maximum Gasteiger partial charge on any atom is 0.223 e. The van der Waals surface area contributed by atoms with E-state index in [-0.39, 0.29) is 36.2 Å². The molecule has 0 aromatic heterocycles. The number of nitrogens with two attached hydrogens (primary N) is 1. The van der Waals surface area contributed by atoms with E-state index in [1.54, 1.807) is 0 Å². The average Bonchev–Trinajstić information content (AvgIpc) is 2.31. The van der Waals surface area contributed by atoms with Crippen LogP contribution in [0.5, 0.6) is 5.75 Å². The first-order valence-electron chi connectivity index (χ1n) is 5.12. The second-order valence-electron chi connectivity index (χ2n) is 3.42. The zero-order chi connectivity index (χ0) is 13.5. The van der Waals surface area contributed by atoms with Gasteiger partial charge < -0.3 is 15.8 Å². The van der Waals surface area contributed by atoms with Gasteiger partial charge in [0.1, 0.15) is 5.75 Å². The Morgan fingerprint density at radius 1 is 1.39 bits per heavy atom. The van der Waals surface area contributed by atoms with Crippen molar-refractivity contribution in [2.45, 2.75) is 6.42 Å². The summed E-state index contributed by atoms with van der Waals surface area (Å²) in [5.41, 5.74) is 5.20. The van der Waals surface area contributed by atoms with E-state index in [0.717, 1.165) is 12.1 Å². The molecule has 0 spiro atoms. The maximum absolute atomic E-state index is 12.8. The molecule has 7 heteroatoms. The number of nitrogens with one attached hydrogen (secondary N) is 1. The number of amides is 1. The summed E-state index contributed by atoms with van der Waals surface area (Å²) in [5, 5.41) is 2.47. The molecule has 3 N–H and O–H groups in total. The molecule has 0 radical (unpaired) electrons. The van der Waals surface area contributed by atoms with Gasteiger partial charge in [-0.3, -0.25) is 4.79 Å². The first kappa shape index (κ1) is 14.3. The Balaban J connectivity index is 2.30. The van der Waals surface area contributed by atoms with Gasteiger partial charge in [0.2, 0.25) is 5.91 Å². The Morgan fingerprint density at radius 3 is 2.72 bits per heavy atom. The zero-order valence-corrected chi connectivity index (χ0v) is 10.2. The number of thiocarbonyl (C=S) groups is 1. The summed E-state index contributed by atoms with van der Waals surface area (Å²) in [6, 6.07) is 3.16. The summed E-state index contributed by atoms with van der Waals surface area (Å²) in [6.45, 7) is 0.174. The van der Waals surface area contributed by atoms with Gasteiger partial charge in [-0.15, -0.1) is 0 Å². The third-order valence-electron chi connectivity index (χ3n) is 1.95. The summed E-state index contributed by atoms with van der Waals surface area (Å²) in [6.07, 6.45) is 0.0710. The van der Waals surface area contributed by atoms with Crippen LogP contribution in [0.1, 0.15) is 6.42 Å². The van der Waals surface area contributed by atoms with Gasteiger partial charge >= 0.3 is 0 Å². The highest BCUT2D eigenvalue weighted by Crippen LogP contribution is 2.15. The fourth-order valence-electron chi connectivity index (χ4n) is 1.10. The highest BCUT2D eigenvalue weighted by atomic mass is 32.1. The van der Waals surface area contributed by atoms with Crippen molar-refractivity contribution in [3.8, 4) is 5.75 Å². The Bertz CT molecular complexity index is 455. The predicted octanol–water partition coefficient (Wildman–Crippen LogP) is 1.14. The summed E-state index contributed by atoms with van der Waals surface area (Å²) < 4.78 is 30.5. The van der Waals surface area contributed by atoms with Crippen LogP contribution in [0, 0.1) is 11.6 Å². The van der Waals surface area contributed by atoms with E-state index in [2.05, 4.69) is 17.5 Å². The summed E-state index contributed by atoms with van der Waals surface area (Å²) in [4.78, 5) is 11.4. The van der Waals surface area contributed by atoms with Crippen LogP contribution in [0.3, 0.4) is 0 Å². The first-order valence-corrected chi connectivity index (χ1v) is 5.52. The Kier molecular flexibility index (Phi) is 5.44. The maximum atomic E-state index is 12.8. The van der Waals surface area contributed by atoms with Crippen molar-refractivity contribution in [1.29, 1.82) is 0 Å². The van der Waals surface area contributed by atoms with Crippen molar-refractivity contribution in [2.75, 3.05) is 13.2 Å². The molecule has 0 unspecified atom stereocenters. The largest absolute Gasteiger partial charge is 0.493 e. The number of carbonyl (C=O) groups excluding carboxylic acids is 1. The van der Waals surface area contributed by atoms with Gasteiger partial charge in [-0.05, 0) is 12.1 Å². The molecule has 0 fully saturated rings. The predicted molar refractivity (Wildman–Crippen MR) is 66.3 cm³/mol. The lowest BCUT2D eigenvalue weighted by atomic mass is 10.3. The number of benzene rings is 1. The van der Waals surface area contributed by atoms with Crippen molar-refractivity contribution < 1.29 is 18.3 Å². The van der Waals surface area contributed by atoms with Gasteiger partial charge in [-0.1, -0.05) is 12.2 Å². The third kappa shape index (κ3) is 5.05. The average molecular weight is 274 g/mol. The van der Waals surface area contributed by atoms with E-state index in [0.29, 0.717) is 0 Å². The van der Waals surface area contributed by atoms with Crippen molar-refractivity contribution in [2.24, 2.45) is 5.73 Å². The van der Waals surface area contributed by atoms with Gasteiger partial charge in [-0.2, -0.15) is 0 Å². The van der Waals surface area contributed by atoms with Crippen LogP contribution in [0.4, 0.5) is 8.78 Å². The van der Waals surface area contributed by atoms with Crippen molar-refractivity contribution >= 4 is 23.1 Å². The van der Waals surface area contributed by atoms with E-state index in [1.165, 1.54) is 6.07 Å². The molecule has 0 heterocycles. The molecular formula is C11H12F2N2O2S. The molecule has 1 rings (SSSR count). The van der Waals surface area contributed by atoms with E-state index in [4.69, 9.17) is 10.5 Å². The molecule has 18 heavy (non-hydrogen) atoms. The first-order chi connectivity index (χ1) is 8.49. The second kappa shape index (κ2) is 6.85. The molecule has 0 aliphatic carbocycles. The number of carbonyl (C=O) groups is 1. The quantitative estimate of drug-likeness (QED) is 0.763. The fraction of sp³-hybridized carbons (Fsp3) is 0.273. The second-order valence-corrected chi connectivity index (χ2v) is 3.94. The van der Waals surface area contributed by atoms with Crippen LogP contribution in [-0.2, 0) is 4.79 Å². The molecule has 98 valence electrons. The molecule has 1 aromatic rings. The van der Waals surface area contributed by atoms with Crippen LogP contribution < -0.4 is 15.8 Å². The van der Waals surface area contributed by atoms with E-state index in [1.807, 2.05) is 0 Å². The van der Waals surface area contributed by atoms with E-state index in [9.17, 15) is 13.6 Å². The topological polar surface area (TPSA) is 64.3 Å². The SMILES string of the molecule is NC(=S)CNC(=O)CCOc1ccc(F)c(F)c1. The molecule has 0 saturated carbocycles. The lowest BCUT2D eigenvalue weighted by molar-refractivity contribution is -0.121. The van der Waals surface area contributed by atoms with Gasteiger partial charge in [0, 0.05) is 6.07 Å². The Labute approximate surface area is 108 Å². The molecule has 0 atom stereocenters. The lowest BCUT2D eigenvalue weighted by Gasteiger charge is -2.07. The molecule has 0 aliphatic rings. The molecule has 4 nitrogen and oxygen atoms in total. The van der Waals surface area contributed by atoms with Gasteiger partial charge in [0.25, 0.3) is 0 Å². The highest BCUT2D eigenvalue weighted by Gasteiger charge is 2.05. The van der Waals surface area contributed by atoms with Gasteiger partial charge in [0.15, 0.2) is 11.6 Å². The minimum absolute atomic E-state index is 0.0498. The summed E-state index contributed by atoms with van der Waals surface area (Å²) in [7, 11) is 0. The zero-order valence-electron chi connectivity index (χ0n) is 9.41. The monoisotopic (exact) mass is 274 g/mol. The number of hydrogen-bond donors (Lipinski definition) is 2. The molecule has 1 aromatic carbocycles. The fourth-order valence-corrected chi connectivity index (χ4v) is 1.17. The lowest BCUT2D eigenvalue weighted by Crippen LogP contribution is -2.32. The third-order valence-corrected chi connectivity index (χ3v) is 2.09. The molecule has 0 aliphatic heterocycles. The Hall–Kier alpha value is -1.76. The van der Waals surface area contributed by atoms with Crippen LogP contribution in [0.25, 0.3) is 0 Å². The smallest absolute Gasteiger partial charge is 0.223 e. The van der Waals surface area contributed by atoms with Crippen molar-refractivity contribution in [3.63, 3.8) is 0 Å². The number of hydrogen-bond acceptors (Lipinski definition) is 3. The minimum Gasteiger partial charge on any atom is -0.493 e. The minimum atomic E-state index is -0.995. The van der Waals surface area contributed by atoms with Crippen LogP contribution in [-0.4, -0.2) is 24.0 Å². The summed E-state index contributed by atoms with van der Waals surface area (Å²) in [5.74, 6) is -2.07. The standard InChI is InChI=1S/C11H12F2N2O2S/c12-8-2-1-7(5-9(8)13)17-4-3-11(16)15-6-10(14)18/h1-2,5H,3-4,6H2,(H2,14,18)(H,15,16).